The molecule has 78 valence electrons. The van der Waals surface area contributed by atoms with Crippen LogP contribution in [-0.4, -0.2) is 5.91 Å². The van der Waals surface area contributed by atoms with Gasteiger partial charge in [0.05, 0.1) is 5.41 Å². The highest BCUT2D eigenvalue weighted by Crippen LogP contribution is 2.23. The number of benzene rings is 1. The predicted molar refractivity (Wildman–Crippen MR) is 60.9 cm³/mol. The molecule has 1 aromatic rings. The smallest absolute Gasteiger partial charge is 0.227 e. The second-order valence-corrected chi connectivity index (χ2v) is 3.93. The van der Waals surface area contributed by atoms with Crippen molar-refractivity contribution in [2.75, 3.05) is 0 Å². The van der Waals surface area contributed by atoms with Crippen molar-refractivity contribution in [3.8, 4) is 0 Å². The number of carbonyl (C=O) groups excluding carboxylic acids is 1. The molecule has 0 radical (unpaired) electrons. The van der Waals surface area contributed by atoms with Crippen LogP contribution in [-0.2, 0) is 10.2 Å². The van der Waals surface area contributed by atoms with Crippen molar-refractivity contribution in [3.63, 3.8) is 0 Å². The molecule has 14 heavy (non-hydrogen) atoms. The molecule has 1 aromatic carbocycles. The van der Waals surface area contributed by atoms with Gasteiger partial charge >= 0.3 is 0 Å². The normalized spacial score (nSPS) is 10.5. The summed E-state index contributed by atoms with van der Waals surface area (Å²) in [4.78, 5) is 11.1. The Morgan fingerprint density at radius 2 is 1.71 bits per heavy atom. The minimum absolute atomic E-state index is 0. The van der Waals surface area contributed by atoms with Gasteiger partial charge in [0.25, 0.3) is 0 Å². The van der Waals surface area contributed by atoms with Gasteiger partial charge < -0.3 is 5.73 Å². The fourth-order valence-corrected chi connectivity index (χ4v) is 1.13. The molecule has 1 rings (SSSR count). The molecular weight excluding hydrogens is 221 g/mol. The van der Waals surface area contributed by atoms with Crippen molar-refractivity contribution in [2.24, 2.45) is 5.73 Å². The second kappa shape index (κ2) is 4.67. The van der Waals surface area contributed by atoms with Crippen LogP contribution in [0.3, 0.4) is 0 Å². The molecule has 0 fully saturated rings. The van der Waals surface area contributed by atoms with Gasteiger partial charge in [0.2, 0.25) is 5.91 Å². The standard InChI is InChI=1S/C10H12ClNO.ClH/c1-10(2,9(12)13)7-3-5-8(11)6-4-7;/h3-6H,1-2H3,(H2,12,13);1H. The minimum Gasteiger partial charge on any atom is -0.369 e. The zero-order valence-corrected chi connectivity index (χ0v) is 9.65. The first kappa shape index (κ1) is 13.3. The Morgan fingerprint density at radius 3 is 2.07 bits per heavy atom. The molecule has 1 amide bonds. The molecule has 0 aromatic heterocycles. The molecule has 0 saturated heterocycles. The number of hydrogen-bond donors (Lipinski definition) is 1. The topological polar surface area (TPSA) is 43.1 Å². The number of carbonyl (C=O) groups is 1. The van der Waals surface area contributed by atoms with Gasteiger partial charge in [0.15, 0.2) is 0 Å². The third kappa shape index (κ3) is 2.63. The Morgan fingerprint density at radius 1 is 1.29 bits per heavy atom. The lowest BCUT2D eigenvalue weighted by Crippen LogP contribution is -2.35. The van der Waals surface area contributed by atoms with Crippen LogP contribution in [0.25, 0.3) is 0 Å². The molecule has 0 unspecified atom stereocenters. The summed E-state index contributed by atoms with van der Waals surface area (Å²) in [6, 6.07) is 7.13. The van der Waals surface area contributed by atoms with Crippen molar-refractivity contribution < 1.29 is 4.79 Å². The maximum atomic E-state index is 11.1. The zero-order chi connectivity index (χ0) is 10.1. The lowest BCUT2D eigenvalue weighted by molar-refractivity contribution is -0.122. The highest BCUT2D eigenvalue weighted by Gasteiger charge is 2.26. The fraction of sp³-hybridized carbons (Fsp3) is 0.300. The van der Waals surface area contributed by atoms with Gasteiger partial charge in [0.1, 0.15) is 0 Å². The van der Waals surface area contributed by atoms with Crippen LogP contribution in [0.15, 0.2) is 24.3 Å². The van der Waals surface area contributed by atoms with Gasteiger partial charge in [-0.3, -0.25) is 4.79 Å². The summed E-state index contributed by atoms with van der Waals surface area (Å²) >= 11 is 5.73. The third-order valence-corrected chi connectivity index (χ3v) is 2.43. The minimum atomic E-state index is -0.634. The monoisotopic (exact) mass is 233 g/mol. The van der Waals surface area contributed by atoms with Crippen LogP contribution in [0.4, 0.5) is 0 Å². The van der Waals surface area contributed by atoms with Gasteiger partial charge in [-0.2, -0.15) is 0 Å². The van der Waals surface area contributed by atoms with Gasteiger partial charge in [-0.15, -0.1) is 12.4 Å². The van der Waals surface area contributed by atoms with Crippen LogP contribution in [0, 0.1) is 0 Å². The highest BCUT2D eigenvalue weighted by atomic mass is 35.5. The highest BCUT2D eigenvalue weighted by molar-refractivity contribution is 6.30. The van der Waals surface area contributed by atoms with Crippen LogP contribution in [0.5, 0.6) is 0 Å². The van der Waals surface area contributed by atoms with Gasteiger partial charge in [-0.25, -0.2) is 0 Å². The lowest BCUT2D eigenvalue weighted by Gasteiger charge is -2.20. The summed E-state index contributed by atoms with van der Waals surface area (Å²) in [5.41, 5.74) is 5.51. The third-order valence-electron chi connectivity index (χ3n) is 2.18. The van der Waals surface area contributed by atoms with Crippen LogP contribution in [0.2, 0.25) is 5.02 Å². The van der Waals surface area contributed by atoms with E-state index in [4.69, 9.17) is 17.3 Å². The van der Waals surface area contributed by atoms with E-state index in [9.17, 15) is 4.79 Å². The van der Waals surface area contributed by atoms with Crippen molar-refractivity contribution in [2.45, 2.75) is 19.3 Å². The number of rotatable bonds is 2. The maximum Gasteiger partial charge on any atom is 0.227 e. The molecule has 0 spiro atoms. The quantitative estimate of drug-likeness (QED) is 0.839. The van der Waals surface area contributed by atoms with Crippen molar-refractivity contribution in [1.29, 1.82) is 0 Å². The molecule has 0 heterocycles. The van der Waals surface area contributed by atoms with Gasteiger partial charge in [-0.05, 0) is 31.5 Å². The molecule has 0 aliphatic rings. The van der Waals surface area contributed by atoms with E-state index in [0.717, 1.165) is 5.56 Å². The van der Waals surface area contributed by atoms with E-state index in [2.05, 4.69) is 0 Å². The predicted octanol–water partition coefficient (Wildman–Crippen LogP) is 2.52. The van der Waals surface area contributed by atoms with E-state index in [1.165, 1.54) is 0 Å². The number of halogens is 2. The van der Waals surface area contributed by atoms with E-state index in [1.807, 2.05) is 12.1 Å². The van der Waals surface area contributed by atoms with Gasteiger partial charge in [0, 0.05) is 5.02 Å². The Hall–Kier alpha value is -0.730. The van der Waals surface area contributed by atoms with Crippen molar-refractivity contribution in [1.82, 2.24) is 0 Å². The summed E-state index contributed by atoms with van der Waals surface area (Å²) < 4.78 is 0. The van der Waals surface area contributed by atoms with E-state index in [0.29, 0.717) is 5.02 Å². The fourth-order valence-electron chi connectivity index (χ4n) is 1.01. The molecule has 2 N–H and O–H groups in total. The second-order valence-electron chi connectivity index (χ2n) is 3.50. The van der Waals surface area contributed by atoms with Crippen molar-refractivity contribution in [3.05, 3.63) is 34.9 Å². The lowest BCUT2D eigenvalue weighted by atomic mass is 9.84. The number of hydrogen-bond acceptors (Lipinski definition) is 1. The number of nitrogens with two attached hydrogens (primary N) is 1. The van der Waals surface area contributed by atoms with Crippen molar-refractivity contribution >= 4 is 29.9 Å². The first-order valence-corrected chi connectivity index (χ1v) is 4.38. The maximum absolute atomic E-state index is 11.1. The van der Waals surface area contributed by atoms with Crippen LogP contribution >= 0.6 is 24.0 Å². The molecule has 0 bridgehead atoms. The van der Waals surface area contributed by atoms with E-state index >= 15 is 0 Å². The number of amides is 1. The first-order valence-electron chi connectivity index (χ1n) is 4.00. The number of primary amides is 1. The van der Waals surface area contributed by atoms with Crippen LogP contribution < -0.4 is 5.73 Å². The Balaban J connectivity index is 0.00000169. The summed E-state index contributed by atoms with van der Waals surface area (Å²) in [6.45, 7) is 3.58. The average molecular weight is 234 g/mol. The largest absolute Gasteiger partial charge is 0.369 e. The Kier molecular flexibility index (Phi) is 4.43. The molecule has 0 saturated carbocycles. The average Bonchev–Trinajstić information content (AvgIpc) is 2.04. The molecule has 4 heteroatoms. The summed E-state index contributed by atoms with van der Waals surface area (Å²) in [7, 11) is 0. The summed E-state index contributed by atoms with van der Waals surface area (Å²) in [5, 5.41) is 0.657. The molecule has 0 aliphatic carbocycles. The Bertz CT molecular complexity index is 319. The van der Waals surface area contributed by atoms with E-state index < -0.39 is 5.41 Å². The van der Waals surface area contributed by atoms with Crippen LogP contribution in [0.1, 0.15) is 19.4 Å². The Labute approximate surface area is 94.8 Å². The molecule has 0 atom stereocenters. The zero-order valence-electron chi connectivity index (χ0n) is 8.08. The van der Waals surface area contributed by atoms with Gasteiger partial charge in [-0.1, -0.05) is 23.7 Å². The molecule has 0 aliphatic heterocycles. The molecule has 2 nitrogen and oxygen atoms in total. The summed E-state index contributed by atoms with van der Waals surface area (Å²) in [6.07, 6.45) is 0. The molecular formula is C10H13Cl2NO. The van der Waals surface area contributed by atoms with E-state index in [1.54, 1.807) is 26.0 Å². The summed E-state index contributed by atoms with van der Waals surface area (Å²) in [5.74, 6) is -0.338. The first-order chi connectivity index (χ1) is 5.94. The van der Waals surface area contributed by atoms with E-state index in [-0.39, 0.29) is 18.3 Å². The SMILES string of the molecule is CC(C)(C(N)=O)c1ccc(Cl)cc1.Cl.